The van der Waals surface area contributed by atoms with Crippen LogP contribution in [-0.4, -0.2) is 34.6 Å². The van der Waals surface area contributed by atoms with E-state index in [1.54, 1.807) is 12.1 Å². The van der Waals surface area contributed by atoms with Gasteiger partial charge in [0, 0.05) is 28.5 Å². The predicted molar refractivity (Wildman–Crippen MR) is 119 cm³/mol. The molecule has 160 valence electrons. The molecule has 0 radical (unpaired) electrons. The van der Waals surface area contributed by atoms with E-state index in [4.69, 9.17) is 27.9 Å². The largest absolute Gasteiger partial charge is 0.489 e. The first-order valence-corrected chi connectivity index (χ1v) is 11.4. The molecule has 0 bridgehead atoms. The Labute approximate surface area is 187 Å². The van der Waals surface area contributed by atoms with Crippen molar-refractivity contribution in [1.29, 1.82) is 0 Å². The molecule has 30 heavy (non-hydrogen) atoms. The van der Waals surface area contributed by atoms with Gasteiger partial charge in [0.15, 0.2) is 0 Å². The molecule has 2 aromatic carbocycles. The Morgan fingerprint density at radius 3 is 2.33 bits per heavy atom. The van der Waals surface area contributed by atoms with E-state index >= 15 is 0 Å². The van der Waals surface area contributed by atoms with Gasteiger partial charge in [0.25, 0.3) is 0 Å². The number of carbonyl (C=O) groups excluding carboxylic acids is 1. The van der Waals surface area contributed by atoms with Crippen LogP contribution in [0.1, 0.15) is 43.2 Å². The van der Waals surface area contributed by atoms with Crippen LogP contribution in [0.25, 0.3) is 0 Å². The van der Waals surface area contributed by atoms with Gasteiger partial charge in [-0.1, -0.05) is 53.5 Å². The van der Waals surface area contributed by atoms with Gasteiger partial charge in [0.1, 0.15) is 12.4 Å². The number of likely N-dealkylation sites (tertiary alicyclic amines) is 1. The standard InChI is InChI=1S/C24H27Cl2NO3/c25-22-13-20(30-15-16-4-2-1-3-5-16)14-23(26)21(22)12-17-10-11-27(24(17)29)18-6-8-19(28)9-7-18/h1-5,13-14,17-19,28H,6-12,15H2/t17-,18-,19+/m0/s1. The van der Waals surface area contributed by atoms with Crippen LogP contribution < -0.4 is 4.74 Å². The first-order valence-electron chi connectivity index (χ1n) is 10.6. The van der Waals surface area contributed by atoms with E-state index < -0.39 is 0 Å². The molecule has 6 heteroatoms. The lowest BCUT2D eigenvalue weighted by Gasteiger charge is -2.33. The number of rotatable bonds is 6. The highest BCUT2D eigenvalue weighted by Crippen LogP contribution is 2.36. The molecule has 1 saturated carbocycles. The summed E-state index contributed by atoms with van der Waals surface area (Å²) in [4.78, 5) is 15.0. The van der Waals surface area contributed by atoms with Gasteiger partial charge in [-0.2, -0.15) is 0 Å². The van der Waals surface area contributed by atoms with Crippen LogP contribution in [0.4, 0.5) is 0 Å². The number of amides is 1. The van der Waals surface area contributed by atoms with Gasteiger partial charge in [0.05, 0.1) is 6.10 Å². The van der Waals surface area contributed by atoms with Gasteiger partial charge in [-0.3, -0.25) is 4.79 Å². The fourth-order valence-corrected chi connectivity index (χ4v) is 5.15. The van der Waals surface area contributed by atoms with Gasteiger partial charge in [-0.15, -0.1) is 0 Å². The van der Waals surface area contributed by atoms with E-state index in [9.17, 15) is 9.90 Å². The summed E-state index contributed by atoms with van der Waals surface area (Å²) in [5, 5.41) is 10.8. The monoisotopic (exact) mass is 447 g/mol. The molecular formula is C24H27Cl2NO3. The Kier molecular flexibility index (Phi) is 6.87. The third-order valence-electron chi connectivity index (χ3n) is 6.27. The molecule has 4 nitrogen and oxygen atoms in total. The lowest BCUT2D eigenvalue weighted by atomic mass is 9.92. The maximum Gasteiger partial charge on any atom is 0.226 e. The highest BCUT2D eigenvalue weighted by molar-refractivity contribution is 6.36. The van der Waals surface area contributed by atoms with Crippen molar-refractivity contribution in [3.63, 3.8) is 0 Å². The highest BCUT2D eigenvalue weighted by atomic mass is 35.5. The fraction of sp³-hybridized carbons (Fsp3) is 0.458. The number of hydrogen-bond acceptors (Lipinski definition) is 3. The van der Waals surface area contributed by atoms with Crippen LogP contribution in [0.3, 0.4) is 0 Å². The van der Waals surface area contributed by atoms with Crippen molar-refractivity contribution in [2.45, 2.75) is 57.3 Å². The quantitative estimate of drug-likeness (QED) is 0.656. The first kappa shape index (κ1) is 21.5. The van der Waals surface area contributed by atoms with Crippen LogP contribution in [-0.2, 0) is 17.8 Å². The first-order chi connectivity index (χ1) is 14.5. The molecule has 2 aliphatic rings. The zero-order valence-electron chi connectivity index (χ0n) is 16.9. The minimum absolute atomic E-state index is 0.0945. The number of aliphatic hydroxyl groups excluding tert-OH is 1. The number of ether oxygens (including phenoxy) is 1. The molecule has 4 rings (SSSR count). The minimum Gasteiger partial charge on any atom is -0.489 e. The molecule has 1 aliphatic heterocycles. The van der Waals surface area contributed by atoms with E-state index in [-0.39, 0.29) is 24.0 Å². The topological polar surface area (TPSA) is 49.8 Å². The van der Waals surface area contributed by atoms with Crippen LogP contribution >= 0.6 is 23.2 Å². The molecule has 1 saturated heterocycles. The number of hydrogen-bond donors (Lipinski definition) is 1. The summed E-state index contributed by atoms with van der Waals surface area (Å²) >= 11 is 13.1. The maximum absolute atomic E-state index is 13.0. The van der Waals surface area contributed by atoms with Crippen molar-refractivity contribution in [3.05, 3.63) is 63.6 Å². The molecule has 0 unspecified atom stereocenters. The summed E-state index contributed by atoms with van der Waals surface area (Å²) in [5.41, 5.74) is 1.88. The van der Waals surface area contributed by atoms with Gasteiger partial charge in [0.2, 0.25) is 5.91 Å². The van der Waals surface area contributed by atoms with E-state index in [1.807, 2.05) is 35.2 Å². The smallest absolute Gasteiger partial charge is 0.226 e. The van der Waals surface area contributed by atoms with Gasteiger partial charge in [-0.05, 0) is 61.8 Å². The summed E-state index contributed by atoms with van der Waals surface area (Å²) in [5.74, 6) is 0.716. The number of benzene rings is 2. The lowest BCUT2D eigenvalue weighted by Crippen LogP contribution is -2.41. The van der Waals surface area contributed by atoms with Crippen molar-refractivity contribution in [1.82, 2.24) is 4.90 Å². The molecule has 1 N–H and O–H groups in total. The van der Waals surface area contributed by atoms with E-state index in [0.717, 1.165) is 49.8 Å². The van der Waals surface area contributed by atoms with Gasteiger partial charge < -0.3 is 14.7 Å². The third kappa shape index (κ3) is 4.93. The van der Waals surface area contributed by atoms with E-state index in [2.05, 4.69) is 0 Å². The third-order valence-corrected chi connectivity index (χ3v) is 6.95. The summed E-state index contributed by atoms with van der Waals surface area (Å²) in [6, 6.07) is 13.7. The second kappa shape index (κ2) is 9.59. The van der Waals surface area contributed by atoms with Gasteiger partial charge >= 0.3 is 0 Å². The molecule has 2 aromatic rings. The Morgan fingerprint density at radius 2 is 1.67 bits per heavy atom. The van der Waals surface area contributed by atoms with Crippen molar-refractivity contribution in [2.24, 2.45) is 5.92 Å². The van der Waals surface area contributed by atoms with Crippen molar-refractivity contribution < 1.29 is 14.6 Å². The molecule has 0 aromatic heterocycles. The molecule has 2 fully saturated rings. The van der Waals surface area contributed by atoms with E-state index in [1.165, 1.54) is 0 Å². The average molecular weight is 448 g/mol. The predicted octanol–water partition coefficient (Wildman–Crippen LogP) is 5.27. The molecule has 1 heterocycles. The second-order valence-electron chi connectivity index (χ2n) is 8.32. The Hall–Kier alpha value is -1.75. The Bertz CT molecular complexity index is 858. The average Bonchev–Trinajstić information content (AvgIpc) is 3.11. The lowest BCUT2D eigenvalue weighted by molar-refractivity contribution is -0.133. The summed E-state index contributed by atoms with van der Waals surface area (Å²) in [6.45, 7) is 1.22. The second-order valence-corrected chi connectivity index (χ2v) is 9.14. The number of nitrogens with zero attached hydrogens (tertiary/aromatic N) is 1. The number of halogens is 2. The van der Waals surface area contributed by atoms with Gasteiger partial charge in [-0.25, -0.2) is 0 Å². The number of aliphatic hydroxyl groups is 1. The zero-order chi connectivity index (χ0) is 21.1. The highest BCUT2D eigenvalue weighted by Gasteiger charge is 2.37. The van der Waals surface area contributed by atoms with Crippen LogP contribution in [0, 0.1) is 5.92 Å². The van der Waals surface area contributed by atoms with Crippen molar-refractivity contribution in [3.8, 4) is 5.75 Å². The Morgan fingerprint density at radius 1 is 1.00 bits per heavy atom. The van der Waals surface area contributed by atoms with Crippen molar-refractivity contribution in [2.75, 3.05) is 6.54 Å². The number of carbonyl (C=O) groups is 1. The summed E-state index contributed by atoms with van der Waals surface area (Å²) in [7, 11) is 0. The minimum atomic E-state index is -0.213. The molecular weight excluding hydrogens is 421 g/mol. The summed E-state index contributed by atoms with van der Waals surface area (Å²) in [6.07, 6.45) is 4.47. The normalized spacial score (nSPS) is 24.3. The molecule has 0 spiro atoms. The van der Waals surface area contributed by atoms with Crippen LogP contribution in [0.5, 0.6) is 5.75 Å². The zero-order valence-corrected chi connectivity index (χ0v) is 18.4. The van der Waals surface area contributed by atoms with Crippen molar-refractivity contribution >= 4 is 29.1 Å². The molecule has 1 amide bonds. The van der Waals surface area contributed by atoms with Crippen LogP contribution in [0.15, 0.2) is 42.5 Å². The molecule has 1 aliphatic carbocycles. The fourth-order valence-electron chi connectivity index (χ4n) is 4.53. The molecule has 1 atom stereocenters. The van der Waals surface area contributed by atoms with Crippen LogP contribution in [0.2, 0.25) is 10.0 Å². The SMILES string of the molecule is O=C1[C@H](Cc2c(Cl)cc(OCc3ccccc3)cc2Cl)CCN1[C@H]1CC[C@@H](O)CC1. The Balaban J connectivity index is 1.39. The van der Waals surface area contributed by atoms with E-state index in [0.29, 0.717) is 28.8 Å². The summed E-state index contributed by atoms with van der Waals surface area (Å²) < 4.78 is 5.84. The maximum atomic E-state index is 13.0.